The molecule has 1 aromatic carbocycles. The van der Waals surface area contributed by atoms with Crippen molar-refractivity contribution in [3.8, 4) is 0 Å². The van der Waals surface area contributed by atoms with Gasteiger partial charge in [0, 0.05) is 5.92 Å². The van der Waals surface area contributed by atoms with Gasteiger partial charge in [0.2, 0.25) is 0 Å². The molecule has 8 heteroatoms. The highest BCUT2D eigenvalue weighted by molar-refractivity contribution is 8.42. The number of rotatable bonds is 5. The van der Waals surface area contributed by atoms with Crippen molar-refractivity contribution in [2.75, 3.05) is 6.61 Å². The Morgan fingerprint density at radius 2 is 1.47 bits per heavy atom. The topological polar surface area (TPSA) is 9.23 Å². The Morgan fingerprint density at radius 1 is 1.00 bits per heavy atom. The van der Waals surface area contributed by atoms with Crippen LogP contribution in [0.25, 0.3) is 0 Å². The monoisotopic (exact) mass is 308 g/mol. The van der Waals surface area contributed by atoms with Gasteiger partial charge in [0.05, 0.1) is 6.61 Å². The van der Waals surface area contributed by atoms with E-state index in [1.165, 1.54) is 12.1 Å². The van der Waals surface area contributed by atoms with Gasteiger partial charge in [-0.1, -0.05) is 45.4 Å². The minimum Gasteiger partial charge on any atom is -0.239 e. The van der Waals surface area contributed by atoms with E-state index in [1.54, 1.807) is 13.8 Å². The molecular formula is C11H14F6OS. The van der Waals surface area contributed by atoms with Crippen LogP contribution in [-0.4, -0.2) is 6.61 Å². The van der Waals surface area contributed by atoms with E-state index in [0.717, 1.165) is 12.1 Å². The molecule has 0 fully saturated rings. The normalized spacial score (nSPS) is 17.9. The highest BCUT2D eigenvalue weighted by Crippen LogP contribution is 2.98. The first kappa shape index (κ1) is 16.2. The summed E-state index contributed by atoms with van der Waals surface area (Å²) >= 11 is 0. The first-order chi connectivity index (χ1) is 8.27. The van der Waals surface area contributed by atoms with Gasteiger partial charge in [0.15, 0.2) is 0 Å². The Kier molecular flexibility index (Phi) is 3.66. The van der Waals surface area contributed by atoms with Crippen molar-refractivity contribution in [1.82, 2.24) is 0 Å². The lowest BCUT2D eigenvalue weighted by atomic mass is 9.89. The molecule has 0 saturated carbocycles. The number of hydrogen-bond acceptors (Lipinski definition) is 1. The molecule has 1 aromatic rings. The molecule has 19 heavy (non-hydrogen) atoms. The Hall–Kier alpha value is -0.890. The van der Waals surface area contributed by atoms with Crippen molar-refractivity contribution in [3.05, 3.63) is 35.6 Å². The summed E-state index contributed by atoms with van der Waals surface area (Å²) in [7, 11) is -9.88. The van der Waals surface area contributed by atoms with E-state index in [9.17, 15) is 23.8 Å². The molecule has 0 aliphatic carbocycles. The smallest absolute Gasteiger partial charge is 0.239 e. The van der Waals surface area contributed by atoms with Crippen molar-refractivity contribution in [2.45, 2.75) is 19.8 Å². The molecule has 0 radical (unpaired) electrons. The predicted molar refractivity (Wildman–Crippen MR) is 63.1 cm³/mol. The predicted octanol–water partition coefficient (Wildman–Crippen LogP) is 5.80. The molecule has 0 aliphatic rings. The maximum atomic E-state index is 12.7. The Balaban J connectivity index is 2.90. The molecule has 0 spiro atoms. The third-order valence-corrected chi connectivity index (χ3v) is 3.15. The number of hydrogen-bond donors (Lipinski definition) is 0. The van der Waals surface area contributed by atoms with E-state index in [2.05, 4.69) is 4.18 Å². The van der Waals surface area contributed by atoms with Gasteiger partial charge in [-0.05, 0) is 23.6 Å². The highest BCUT2D eigenvalue weighted by Gasteiger charge is 2.65. The summed E-state index contributed by atoms with van der Waals surface area (Å²) in [6.07, 6.45) is 0. The lowest BCUT2D eigenvalue weighted by molar-refractivity contribution is 0.136. The molecule has 1 unspecified atom stereocenters. The average Bonchev–Trinajstić information content (AvgIpc) is 2.16. The quantitative estimate of drug-likeness (QED) is 0.625. The van der Waals surface area contributed by atoms with Gasteiger partial charge in [-0.3, -0.25) is 0 Å². The van der Waals surface area contributed by atoms with Gasteiger partial charge in [-0.15, -0.1) is 0 Å². The fourth-order valence-corrected chi connectivity index (χ4v) is 1.99. The van der Waals surface area contributed by atoms with Crippen LogP contribution in [0, 0.1) is 11.7 Å². The van der Waals surface area contributed by atoms with Crippen LogP contribution in [0.3, 0.4) is 0 Å². The maximum Gasteiger partial charge on any atom is 0.397 e. The second-order valence-electron chi connectivity index (χ2n) is 4.58. The zero-order valence-electron chi connectivity index (χ0n) is 10.3. The molecule has 0 N–H and O–H groups in total. The van der Waals surface area contributed by atoms with Crippen LogP contribution in [0.2, 0.25) is 0 Å². The van der Waals surface area contributed by atoms with Crippen LogP contribution in [0.4, 0.5) is 23.8 Å². The van der Waals surface area contributed by atoms with E-state index in [4.69, 9.17) is 0 Å². The molecule has 0 amide bonds. The van der Waals surface area contributed by atoms with Crippen LogP contribution in [0.5, 0.6) is 0 Å². The summed E-state index contributed by atoms with van der Waals surface area (Å²) in [5.74, 6) is -1.82. The minimum absolute atomic E-state index is 0.318. The first-order valence-corrected chi connectivity index (χ1v) is 7.30. The van der Waals surface area contributed by atoms with Crippen molar-refractivity contribution >= 4 is 10.5 Å². The zero-order valence-corrected chi connectivity index (χ0v) is 11.1. The summed E-state index contributed by atoms with van der Waals surface area (Å²) in [5, 5.41) is 0. The fraction of sp³-hybridized carbons (Fsp3) is 0.455. The third kappa shape index (κ3) is 6.20. The minimum atomic E-state index is -9.88. The molecule has 1 nitrogen and oxygen atoms in total. The molecule has 0 aliphatic heterocycles. The summed E-state index contributed by atoms with van der Waals surface area (Å²) in [4.78, 5) is 0. The van der Waals surface area contributed by atoms with Crippen LogP contribution in [0.15, 0.2) is 24.3 Å². The lowest BCUT2D eigenvalue weighted by Gasteiger charge is -2.40. The largest absolute Gasteiger partial charge is 0.397 e. The van der Waals surface area contributed by atoms with Crippen molar-refractivity contribution in [2.24, 2.45) is 5.92 Å². The third-order valence-electron chi connectivity index (χ3n) is 2.57. The summed E-state index contributed by atoms with van der Waals surface area (Å²) < 4.78 is 76.4. The Labute approximate surface area is 107 Å². The van der Waals surface area contributed by atoms with Crippen LogP contribution >= 0.6 is 10.5 Å². The van der Waals surface area contributed by atoms with Gasteiger partial charge in [-0.25, -0.2) is 8.57 Å². The van der Waals surface area contributed by atoms with E-state index >= 15 is 0 Å². The average molecular weight is 308 g/mol. The fourth-order valence-electron chi connectivity index (χ4n) is 1.59. The molecule has 0 aromatic heterocycles. The van der Waals surface area contributed by atoms with Crippen molar-refractivity contribution in [1.29, 1.82) is 0 Å². The number of halogens is 6. The molecule has 112 valence electrons. The van der Waals surface area contributed by atoms with Crippen molar-refractivity contribution in [3.63, 3.8) is 0 Å². The number of benzene rings is 1. The molecule has 0 heterocycles. The van der Waals surface area contributed by atoms with Crippen LogP contribution in [0.1, 0.15) is 25.3 Å². The van der Waals surface area contributed by atoms with Gasteiger partial charge in [-0.2, -0.15) is 0 Å². The van der Waals surface area contributed by atoms with E-state index in [0.29, 0.717) is 5.56 Å². The summed E-state index contributed by atoms with van der Waals surface area (Å²) in [5.41, 5.74) is 0.318. The molecule has 1 rings (SSSR count). The first-order valence-electron chi connectivity index (χ1n) is 5.42. The second kappa shape index (κ2) is 4.31. The van der Waals surface area contributed by atoms with Gasteiger partial charge < -0.3 is 0 Å². The molecule has 0 bridgehead atoms. The van der Waals surface area contributed by atoms with Gasteiger partial charge in [0.1, 0.15) is 5.82 Å². The molecule has 1 atom stereocenters. The SMILES string of the molecule is CC(C)C(COS(F)(F)(F)(F)F)c1ccc(F)cc1. The van der Waals surface area contributed by atoms with Crippen LogP contribution < -0.4 is 0 Å². The van der Waals surface area contributed by atoms with Crippen molar-refractivity contribution < 1.29 is 28.0 Å². The lowest BCUT2D eigenvalue weighted by Crippen LogP contribution is -2.19. The second-order valence-corrected chi connectivity index (χ2v) is 6.62. The molecular weight excluding hydrogens is 294 g/mol. The molecule has 0 saturated heterocycles. The van der Waals surface area contributed by atoms with Crippen LogP contribution in [-0.2, 0) is 4.18 Å². The summed E-state index contributed by atoms with van der Waals surface area (Å²) in [6, 6.07) is 4.64. The summed E-state index contributed by atoms with van der Waals surface area (Å²) in [6.45, 7) is 1.95. The van der Waals surface area contributed by atoms with Gasteiger partial charge >= 0.3 is 10.5 Å². The van der Waals surface area contributed by atoms with E-state index in [1.807, 2.05) is 0 Å². The van der Waals surface area contributed by atoms with E-state index in [-0.39, 0.29) is 5.92 Å². The van der Waals surface area contributed by atoms with E-state index < -0.39 is 28.8 Å². The Bertz CT molecular complexity index is 438. The standard InChI is InChI=1S/C11H14F6OS/c1-8(2)11(7-18-19(13,14,15,16)17)9-3-5-10(12)6-4-9/h3-6,8,11H,7H2,1-2H3. The zero-order chi connectivity index (χ0) is 15.0. The highest BCUT2D eigenvalue weighted by atomic mass is 32.5. The maximum absolute atomic E-state index is 12.7. The Morgan fingerprint density at radius 3 is 1.84 bits per heavy atom. The van der Waals surface area contributed by atoms with Gasteiger partial charge in [0.25, 0.3) is 0 Å².